The summed E-state index contributed by atoms with van der Waals surface area (Å²) in [6, 6.07) is -0.541. The Hall–Kier alpha value is -1.40. The molecule has 6 nitrogen and oxygen atoms in total. The predicted molar refractivity (Wildman–Crippen MR) is 324 cm³/mol. The molecule has 0 rings (SSSR count). The smallest absolute Gasteiger partial charge is 0.305 e. The molecule has 2 atom stereocenters. The van der Waals surface area contributed by atoms with Gasteiger partial charge in [0.2, 0.25) is 5.91 Å². The summed E-state index contributed by atoms with van der Waals surface area (Å²) in [5, 5.41) is 23.4. The van der Waals surface area contributed by atoms with Gasteiger partial charge in [0, 0.05) is 12.8 Å². The lowest BCUT2D eigenvalue weighted by atomic mass is 10.0. The van der Waals surface area contributed by atoms with E-state index in [-0.39, 0.29) is 18.5 Å². The summed E-state index contributed by atoms with van der Waals surface area (Å²) >= 11 is 0. The second-order valence-corrected chi connectivity index (χ2v) is 23.5. The van der Waals surface area contributed by atoms with Crippen LogP contribution >= 0.6 is 0 Å². The van der Waals surface area contributed by atoms with Gasteiger partial charge >= 0.3 is 5.97 Å². The van der Waals surface area contributed by atoms with Gasteiger partial charge in [-0.1, -0.05) is 334 Å². The average molecular weight is 1040 g/mol. The molecule has 0 saturated carbocycles. The van der Waals surface area contributed by atoms with E-state index in [2.05, 4.69) is 31.3 Å². The second kappa shape index (κ2) is 64.1. The van der Waals surface area contributed by atoms with Crippen LogP contribution in [-0.4, -0.2) is 47.4 Å². The number of rotatable bonds is 64. The minimum atomic E-state index is -0.664. The maximum Gasteiger partial charge on any atom is 0.305 e. The number of hydrogen-bond donors (Lipinski definition) is 3. The van der Waals surface area contributed by atoms with E-state index in [0.717, 1.165) is 38.5 Å². The molecule has 0 aromatic rings. The van der Waals surface area contributed by atoms with Crippen LogP contribution < -0.4 is 5.32 Å². The van der Waals surface area contributed by atoms with E-state index in [4.69, 9.17) is 4.74 Å². The molecule has 74 heavy (non-hydrogen) atoms. The lowest BCUT2D eigenvalue weighted by Crippen LogP contribution is -2.45. The molecule has 3 N–H and O–H groups in total. The lowest BCUT2D eigenvalue weighted by molar-refractivity contribution is -0.143. The Balaban J connectivity index is 3.37. The largest absolute Gasteiger partial charge is 0.466 e. The van der Waals surface area contributed by atoms with E-state index in [1.165, 1.54) is 315 Å². The molecular formula is C68H133NO5. The monoisotopic (exact) mass is 1040 g/mol. The number of amides is 1. The van der Waals surface area contributed by atoms with Gasteiger partial charge in [-0.25, -0.2) is 0 Å². The summed E-state index contributed by atoms with van der Waals surface area (Å²) in [5.41, 5.74) is 0. The normalized spacial score (nSPS) is 12.5. The topological polar surface area (TPSA) is 95.9 Å². The number of aliphatic hydroxyl groups is 2. The standard InChI is InChI=1S/C68H133NO5/c1-3-5-7-9-11-13-15-17-18-31-34-37-40-44-48-52-56-60-66(71)65(64-70)69-67(72)61-57-53-49-45-41-38-35-32-29-27-25-23-21-19-20-22-24-26-28-30-33-36-39-43-47-51-55-59-63-74-68(73)62-58-54-50-46-42-16-14-12-10-8-6-4-2/h19-20,65-66,70-71H,3-18,21-64H2,1-2H3,(H,69,72)/b20-19-. The van der Waals surface area contributed by atoms with Crippen LogP contribution in [0.25, 0.3) is 0 Å². The van der Waals surface area contributed by atoms with E-state index in [1.807, 2.05) is 0 Å². The maximum atomic E-state index is 12.5. The zero-order valence-electron chi connectivity index (χ0n) is 50.4. The average Bonchev–Trinajstić information content (AvgIpc) is 3.40. The van der Waals surface area contributed by atoms with Crippen LogP contribution in [0.4, 0.5) is 0 Å². The van der Waals surface area contributed by atoms with Crippen LogP contribution in [0, 0.1) is 0 Å². The second-order valence-electron chi connectivity index (χ2n) is 23.5. The third-order valence-corrected chi connectivity index (χ3v) is 16.1. The molecule has 0 aromatic heterocycles. The van der Waals surface area contributed by atoms with Gasteiger partial charge in [0.05, 0.1) is 25.4 Å². The first-order valence-corrected chi connectivity index (χ1v) is 33.9. The third-order valence-electron chi connectivity index (χ3n) is 16.1. The van der Waals surface area contributed by atoms with E-state index in [9.17, 15) is 19.8 Å². The summed E-state index contributed by atoms with van der Waals surface area (Å²) < 4.78 is 5.48. The van der Waals surface area contributed by atoms with E-state index < -0.39 is 12.1 Å². The summed E-state index contributed by atoms with van der Waals surface area (Å²) in [7, 11) is 0. The zero-order valence-corrected chi connectivity index (χ0v) is 50.4. The predicted octanol–water partition coefficient (Wildman–Crippen LogP) is 21.6. The van der Waals surface area contributed by atoms with Crippen LogP contribution in [0.3, 0.4) is 0 Å². The number of ether oxygens (including phenoxy) is 1. The van der Waals surface area contributed by atoms with Gasteiger partial charge in [0.1, 0.15) is 0 Å². The molecule has 6 heteroatoms. The summed E-state index contributed by atoms with van der Waals surface area (Å²) in [6.45, 7) is 4.99. The molecule has 0 radical (unpaired) electrons. The Morgan fingerprint density at radius 3 is 0.959 bits per heavy atom. The van der Waals surface area contributed by atoms with Gasteiger partial charge in [-0.3, -0.25) is 9.59 Å². The van der Waals surface area contributed by atoms with Gasteiger partial charge in [-0.2, -0.15) is 0 Å². The molecule has 0 fully saturated rings. The molecule has 0 aliphatic heterocycles. The third kappa shape index (κ3) is 59.8. The van der Waals surface area contributed by atoms with Gasteiger partial charge in [-0.05, 0) is 51.4 Å². The molecule has 0 spiro atoms. The molecule has 0 aliphatic rings. The van der Waals surface area contributed by atoms with E-state index >= 15 is 0 Å². The van der Waals surface area contributed by atoms with Crippen molar-refractivity contribution in [2.45, 2.75) is 398 Å². The first-order valence-electron chi connectivity index (χ1n) is 33.9. The van der Waals surface area contributed by atoms with Crippen LogP contribution in [0.15, 0.2) is 12.2 Å². The van der Waals surface area contributed by atoms with Crippen molar-refractivity contribution < 1.29 is 24.5 Å². The summed E-state index contributed by atoms with van der Waals surface area (Å²) in [5.74, 6) is -0.0138. The molecule has 0 bridgehead atoms. The van der Waals surface area contributed by atoms with Crippen molar-refractivity contribution in [2.24, 2.45) is 0 Å². The molecular weight excluding hydrogens is 911 g/mol. The van der Waals surface area contributed by atoms with Gasteiger partial charge in [0.15, 0.2) is 0 Å². The SMILES string of the molecule is CCCCCCCCCCCCCCCCCCCC(O)C(CO)NC(=O)CCCCCCCCCCCCCC/C=C\CCCCCCCCCCCCCCOC(=O)CCCCCCCCCCCCCC. The highest BCUT2D eigenvalue weighted by Crippen LogP contribution is 2.19. The fraction of sp³-hybridized carbons (Fsp3) is 0.941. The van der Waals surface area contributed by atoms with Gasteiger partial charge in [-0.15, -0.1) is 0 Å². The van der Waals surface area contributed by atoms with E-state index in [0.29, 0.717) is 25.9 Å². The maximum absolute atomic E-state index is 12.5. The Bertz CT molecular complexity index is 1110. The Labute approximate surface area is 463 Å². The van der Waals surface area contributed by atoms with Crippen molar-refractivity contribution >= 4 is 11.9 Å². The van der Waals surface area contributed by atoms with Gasteiger partial charge in [0.25, 0.3) is 0 Å². The van der Waals surface area contributed by atoms with Crippen LogP contribution in [-0.2, 0) is 14.3 Å². The minimum Gasteiger partial charge on any atom is -0.466 e. The Morgan fingerprint density at radius 2 is 0.635 bits per heavy atom. The molecule has 0 aromatic carbocycles. The van der Waals surface area contributed by atoms with Crippen LogP contribution in [0.2, 0.25) is 0 Å². The van der Waals surface area contributed by atoms with Crippen molar-refractivity contribution in [3.05, 3.63) is 12.2 Å². The van der Waals surface area contributed by atoms with Gasteiger partial charge < -0.3 is 20.3 Å². The zero-order chi connectivity index (χ0) is 53.6. The highest BCUT2D eigenvalue weighted by Gasteiger charge is 2.20. The van der Waals surface area contributed by atoms with E-state index in [1.54, 1.807) is 0 Å². The first-order chi connectivity index (χ1) is 36.5. The molecule has 0 saturated heterocycles. The fourth-order valence-electron chi connectivity index (χ4n) is 10.9. The number of carbonyl (C=O) groups is 2. The first kappa shape index (κ1) is 72.6. The number of nitrogens with one attached hydrogen (secondary N) is 1. The number of allylic oxidation sites excluding steroid dienone is 2. The summed E-state index contributed by atoms with van der Waals surface area (Å²) in [4.78, 5) is 24.5. The van der Waals surface area contributed by atoms with Crippen molar-refractivity contribution in [1.82, 2.24) is 5.32 Å². The number of esters is 1. The molecule has 440 valence electrons. The van der Waals surface area contributed by atoms with Crippen LogP contribution in [0.1, 0.15) is 386 Å². The fourth-order valence-corrected chi connectivity index (χ4v) is 10.9. The quantitative estimate of drug-likeness (QED) is 0.0320. The lowest BCUT2D eigenvalue weighted by Gasteiger charge is -2.22. The summed E-state index contributed by atoms with van der Waals surface area (Å²) in [6.07, 6.45) is 78.2. The van der Waals surface area contributed by atoms with Crippen molar-refractivity contribution in [2.75, 3.05) is 13.2 Å². The highest BCUT2D eigenvalue weighted by atomic mass is 16.5. The molecule has 0 heterocycles. The molecule has 0 aliphatic carbocycles. The Morgan fingerprint density at radius 1 is 0.365 bits per heavy atom. The number of carbonyl (C=O) groups excluding carboxylic acids is 2. The number of aliphatic hydroxyl groups excluding tert-OH is 2. The van der Waals surface area contributed by atoms with Crippen LogP contribution in [0.5, 0.6) is 0 Å². The van der Waals surface area contributed by atoms with Crippen molar-refractivity contribution in [3.63, 3.8) is 0 Å². The Kier molecular flexibility index (Phi) is 62.9. The number of unbranched alkanes of at least 4 members (excludes halogenated alkanes) is 51. The van der Waals surface area contributed by atoms with Crippen molar-refractivity contribution in [3.8, 4) is 0 Å². The highest BCUT2D eigenvalue weighted by molar-refractivity contribution is 5.76. The van der Waals surface area contributed by atoms with Crippen molar-refractivity contribution in [1.29, 1.82) is 0 Å². The number of hydrogen-bond acceptors (Lipinski definition) is 5. The minimum absolute atomic E-state index is 0.0173. The molecule has 1 amide bonds. The molecule has 2 unspecified atom stereocenters.